The minimum absolute atomic E-state index is 0.179. The molecule has 2 aliphatic rings. The first kappa shape index (κ1) is 19.1. The lowest BCUT2D eigenvalue weighted by Gasteiger charge is -2.33. The highest BCUT2D eigenvalue weighted by molar-refractivity contribution is 6.01. The maximum Gasteiger partial charge on any atom is 0.223 e. The molecule has 1 amide bonds. The van der Waals surface area contributed by atoms with Gasteiger partial charge in [0.25, 0.3) is 0 Å². The molecule has 5 rings (SSSR count). The zero-order chi connectivity index (χ0) is 20.5. The number of aromatic nitrogens is 4. The highest BCUT2D eigenvalue weighted by Gasteiger charge is 2.29. The molecule has 1 saturated heterocycles. The Morgan fingerprint density at radius 2 is 2.13 bits per heavy atom. The Bertz CT molecular complexity index is 1100. The quantitative estimate of drug-likeness (QED) is 0.629. The van der Waals surface area contributed by atoms with Gasteiger partial charge in [-0.2, -0.15) is 5.26 Å². The molecule has 3 aromatic heterocycles. The fraction of sp³-hybridized carbons (Fsp3) is 0.545. The van der Waals surface area contributed by atoms with Crippen LogP contribution in [-0.4, -0.2) is 56.5 Å². The van der Waals surface area contributed by atoms with Crippen LogP contribution in [0.5, 0.6) is 0 Å². The van der Waals surface area contributed by atoms with Gasteiger partial charge in [0.05, 0.1) is 17.8 Å². The van der Waals surface area contributed by atoms with Crippen LogP contribution in [0, 0.1) is 17.2 Å². The maximum absolute atomic E-state index is 12.0. The molecule has 0 aromatic carbocycles. The number of carbonyl (C=O) groups excluding carboxylic acids is 1. The number of hydrogen-bond acceptors (Lipinski definition) is 5. The molecule has 0 spiro atoms. The van der Waals surface area contributed by atoms with E-state index in [9.17, 15) is 4.79 Å². The predicted molar refractivity (Wildman–Crippen MR) is 114 cm³/mol. The summed E-state index contributed by atoms with van der Waals surface area (Å²) in [6.45, 7) is 3.44. The first-order chi connectivity index (χ1) is 14.7. The zero-order valence-electron chi connectivity index (χ0n) is 17.1. The summed E-state index contributed by atoms with van der Waals surface area (Å²) < 4.78 is 2.40. The first-order valence-corrected chi connectivity index (χ1v) is 10.9. The summed E-state index contributed by atoms with van der Waals surface area (Å²) in [4.78, 5) is 27.1. The molecule has 156 valence electrons. The third-order valence-corrected chi connectivity index (χ3v) is 6.37. The standard InChI is InChI=1S/C22H27N7O/c23-8-1-11-28-12-6-16(7-13-28)29-19(5-10-25-22(30)15-2-3-15)27-18-14-26-21-17(20(18)29)4-9-24-21/h4,9,14-16H,1-3,5-7,10-13H2,(H,24,26)(H,25,30). The lowest BCUT2D eigenvalue weighted by Crippen LogP contribution is -2.36. The number of carbonyl (C=O) groups is 1. The number of rotatable bonds is 7. The van der Waals surface area contributed by atoms with Crippen LogP contribution in [0.1, 0.15) is 44.0 Å². The number of nitrogens with zero attached hydrogens (tertiary/aromatic N) is 5. The van der Waals surface area contributed by atoms with Gasteiger partial charge in [0, 0.05) is 62.6 Å². The Labute approximate surface area is 175 Å². The average molecular weight is 406 g/mol. The van der Waals surface area contributed by atoms with E-state index in [1.807, 2.05) is 12.4 Å². The van der Waals surface area contributed by atoms with Crippen LogP contribution < -0.4 is 5.32 Å². The molecule has 1 saturated carbocycles. The maximum atomic E-state index is 12.0. The lowest BCUT2D eigenvalue weighted by molar-refractivity contribution is -0.122. The molecule has 8 nitrogen and oxygen atoms in total. The topological polar surface area (TPSA) is 103 Å². The van der Waals surface area contributed by atoms with Gasteiger partial charge in [-0.15, -0.1) is 0 Å². The van der Waals surface area contributed by atoms with E-state index in [4.69, 9.17) is 10.2 Å². The molecule has 3 aromatic rings. The fourth-order valence-electron chi connectivity index (χ4n) is 4.61. The van der Waals surface area contributed by atoms with Gasteiger partial charge in [0.1, 0.15) is 17.0 Å². The number of nitriles is 1. The summed E-state index contributed by atoms with van der Waals surface area (Å²) in [6, 6.07) is 4.68. The number of hydrogen-bond donors (Lipinski definition) is 2. The molecule has 8 heteroatoms. The summed E-state index contributed by atoms with van der Waals surface area (Å²) in [5.41, 5.74) is 2.93. The van der Waals surface area contributed by atoms with E-state index in [-0.39, 0.29) is 11.8 Å². The highest BCUT2D eigenvalue weighted by Crippen LogP contribution is 2.32. The summed E-state index contributed by atoms with van der Waals surface area (Å²) in [5.74, 6) is 1.43. The molecule has 1 aliphatic heterocycles. The van der Waals surface area contributed by atoms with Crippen LogP contribution in [0.4, 0.5) is 0 Å². The number of likely N-dealkylation sites (tertiary alicyclic amines) is 1. The summed E-state index contributed by atoms with van der Waals surface area (Å²) in [6.07, 6.45) is 9.18. The van der Waals surface area contributed by atoms with E-state index >= 15 is 0 Å². The molecule has 4 heterocycles. The normalized spacial score (nSPS) is 18.1. The lowest BCUT2D eigenvalue weighted by atomic mass is 10.0. The SMILES string of the molecule is N#CCCN1CCC(n2c(CCNC(=O)C3CC3)nc3cnc4[nH]ccc4c32)CC1. The number of imidazole rings is 1. The number of H-pyrrole nitrogens is 1. The molecule has 0 bridgehead atoms. The molecule has 2 fully saturated rings. The van der Waals surface area contributed by atoms with E-state index < -0.39 is 0 Å². The van der Waals surface area contributed by atoms with Crippen molar-refractivity contribution < 1.29 is 4.79 Å². The van der Waals surface area contributed by atoms with Crippen molar-refractivity contribution in [3.63, 3.8) is 0 Å². The average Bonchev–Trinajstić information content (AvgIpc) is 3.39. The minimum atomic E-state index is 0.179. The van der Waals surface area contributed by atoms with Crippen LogP contribution in [0.25, 0.3) is 22.1 Å². The second kappa shape index (κ2) is 8.07. The highest BCUT2D eigenvalue weighted by atomic mass is 16.2. The van der Waals surface area contributed by atoms with Gasteiger partial charge >= 0.3 is 0 Å². The van der Waals surface area contributed by atoms with Crippen molar-refractivity contribution in [1.29, 1.82) is 5.26 Å². The molecule has 0 unspecified atom stereocenters. The summed E-state index contributed by atoms with van der Waals surface area (Å²) >= 11 is 0. The van der Waals surface area contributed by atoms with Crippen molar-refractivity contribution in [3.05, 3.63) is 24.3 Å². The Morgan fingerprint density at radius 1 is 1.30 bits per heavy atom. The molecule has 30 heavy (non-hydrogen) atoms. The van der Waals surface area contributed by atoms with E-state index in [0.29, 0.717) is 25.4 Å². The van der Waals surface area contributed by atoms with Crippen LogP contribution in [0.2, 0.25) is 0 Å². The van der Waals surface area contributed by atoms with Crippen LogP contribution in [-0.2, 0) is 11.2 Å². The Kier molecular flexibility index (Phi) is 5.13. The summed E-state index contributed by atoms with van der Waals surface area (Å²) in [7, 11) is 0. The minimum Gasteiger partial charge on any atom is -0.355 e. The molecule has 1 aliphatic carbocycles. The van der Waals surface area contributed by atoms with Gasteiger partial charge in [-0.3, -0.25) is 4.79 Å². The smallest absolute Gasteiger partial charge is 0.223 e. The molecular weight excluding hydrogens is 378 g/mol. The first-order valence-electron chi connectivity index (χ1n) is 10.9. The van der Waals surface area contributed by atoms with Crippen molar-refractivity contribution in [3.8, 4) is 6.07 Å². The third-order valence-electron chi connectivity index (χ3n) is 6.37. The van der Waals surface area contributed by atoms with Gasteiger partial charge in [-0.25, -0.2) is 9.97 Å². The zero-order valence-corrected chi connectivity index (χ0v) is 17.1. The van der Waals surface area contributed by atoms with Crippen molar-refractivity contribution in [1.82, 2.24) is 29.7 Å². The Morgan fingerprint density at radius 3 is 2.90 bits per heavy atom. The number of fused-ring (bicyclic) bond motifs is 3. The van der Waals surface area contributed by atoms with Gasteiger partial charge < -0.3 is 19.8 Å². The van der Waals surface area contributed by atoms with E-state index in [0.717, 1.165) is 73.2 Å². The second-order valence-electron chi connectivity index (χ2n) is 8.43. The van der Waals surface area contributed by atoms with Crippen molar-refractivity contribution >= 4 is 28.0 Å². The van der Waals surface area contributed by atoms with Gasteiger partial charge in [-0.1, -0.05) is 0 Å². The van der Waals surface area contributed by atoms with E-state index in [1.54, 1.807) is 0 Å². The van der Waals surface area contributed by atoms with Crippen LogP contribution in [0.15, 0.2) is 18.5 Å². The monoisotopic (exact) mass is 405 g/mol. The van der Waals surface area contributed by atoms with Gasteiger partial charge in [0.2, 0.25) is 5.91 Å². The van der Waals surface area contributed by atoms with Crippen molar-refractivity contribution in [2.75, 3.05) is 26.2 Å². The van der Waals surface area contributed by atoms with Crippen LogP contribution in [0.3, 0.4) is 0 Å². The van der Waals surface area contributed by atoms with Crippen LogP contribution >= 0.6 is 0 Å². The van der Waals surface area contributed by atoms with E-state index in [2.05, 4.69) is 36.9 Å². The number of amides is 1. The largest absolute Gasteiger partial charge is 0.355 e. The molecule has 2 N–H and O–H groups in total. The number of pyridine rings is 1. The number of aromatic amines is 1. The molecular formula is C22H27N7O. The fourth-order valence-corrected chi connectivity index (χ4v) is 4.61. The van der Waals surface area contributed by atoms with Crippen molar-refractivity contribution in [2.45, 2.75) is 44.6 Å². The molecule has 0 atom stereocenters. The molecule has 0 radical (unpaired) electrons. The third kappa shape index (κ3) is 3.65. The van der Waals surface area contributed by atoms with Gasteiger partial charge in [0.15, 0.2) is 0 Å². The second-order valence-corrected chi connectivity index (χ2v) is 8.43. The Balaban J connectivity index is 1.42. The predicted octanol–water partition coefficient (Wildman–Crippen LogP) is 2.53. The van der Waals surface area contributed by atoms with E-state index in [1.165, 1.54) is 0 Å². The van der Waals surface area contributed by atoms with Crippen molar-refractivity contribution in [2.24, 2.45) is 5.92 Å². The number of piperidine rings is 1. The number of nitrogens with one attached hydrogen (secondary N) is 2. The Hall–Kier alpha value is -2.92. The summed E-state index contributed by atoms with van der Waals surface area (Å²) in [5, 5.41) is 13.0. The van der Waals surface area contributed by atoms with Gasteiger partial charge in [-0.05, 0) is 31.7 Å².